The van der Waals surface area contributed by atoms with Crippen molar-refractivity contribution in [1.29, 1.82) is 0 Å². The summed E-state index contributed by atoms with van der Waals surface area (Å²) in [5, 5.41) is 3.99. The molecular weight excluding hydrogens is 280 g/mol. The lowest BCUT2D eigenvalue weighted by Gasteiger charge is -2.25. The first-order valence-corrected chi connectivity index (χ1v) is 8.00. The Morgan fingerprint density at radius 1 is 1.38 bits per heavy atom. The zero-order valence-electron chi connectivity index (χ0n) is 11.8. The lowest BCUT2D eigenvalue weighted by atomic mass is 9.82. The van der Waals surface area contributed by atoms with E-state index in [1.54, 1.807) is 17.4 Å². The van der Waals surface area contributed by atoms with Gasteiger partial charge in [-0.3, -0.25) is 4.79 Å². The molecule has 0 spiro atoms. The highest BCUT2D eigenvalue weighted by atomic mass is 32.1. The van der Waals surface area contributed by atoms with E-state index in [1.165, 1.54) is 4.70 Å². The van der Waals surface area contributed by atoms with Crippen LogP contribution in [0.15, 0.2) is 49.1 Å². The maximum atomic E-state index is 12.3. The largest absolute Gasteiger partial charge is 0.352 e. The van der Waals surface area contributed by atoms with Gasteiger partial charge in [0, 0.05) is 12.5 Å². The Kier molecular flexibility index (Phi) is 4.15. The van der Waals surface area contributed by atoms with Crippen LogP contribution >= 0.6 is 11.3 Å². The highest BCUT2D eigenvalue weighted by molar-refractivity contribution is 7.18. The second-order valence-electron chi connectivity index (χ2n) is 5.21. The minimum atomic E-state index is -0.0319. The van der Waals surface area contributed by atoms with Crippen LogP contribution in [0.4, 0.5) is 0 Å². The zero-order valence-corrected chi connectivity index (χ0v) is 12.6. The van der Waals surface area contributed by atoms with Crippen molar-refractivity contribution in [2.24, 2.45) is 5.92 Å². The van der Waals surface area contributed by atoms with Crippen molar-refractivity contribution in [3.63, 3.8) is 0 Å². The van der Waals surface area contributed by atoms with Crippen molar-refractivity contribution >= 4 is 27.5 Å². The molecule has 0 aliphatic heterocycles. The molecule has 1 aromatic heterocycles. The zero-order chi connectivity index (χ0) is 14.7. The molecule has 2 aromatic rings. The van der Waals surface area contributed by atoms with Crippen LogP contribution in [0.1, 0.15) is 23.8 Å². The second kappa shape index (κ2) is 6.22. The summed E-state index contributed by atoms with van der Waals surface area (Å²) in [5.41, 5.74) is 1.03. The maximum absolute atomic E-state index is 12.3. The molecule has 1 aliphatic carbocycles. The van der Waals surface area contributed by atoms with Gasteiger partial charge in [0.1, 0.15) is 0 Å². The Bertz CT molecular complexity index is 656. The van der Waals surface area contributed by atoms with Crippen molar-refractivity contribution in [2.75, 3.05) is 6.54 Å². The van der Waals surface area contributed by atoms with Gasteiger partial charge in [0.15, 0.2) is 0 Å². The number of fused-ring (bicyclic) bond motifs is 1. The Morgan fingerprint density at radius 3 is 3.00 bits per heavy atom. The number of rotatable bonds is 4. The molecule has 1 aliphatic rings. The van der Waals surface area contributed by atoms with Gasteiger partial charge in [-0.25, -0.2) is 4.98 Å². The second-order valence-corrected chi connectivity index (χ2v) is 6.27. The molecule has 2 unspecified atom stereocenters. The first kappa shape index (κ1) is 14.0. The lowest BCUT2D eigenvalue weighted by molar-refractivity contribution is -0.125. The third-order valence-corrected chi connectivity index (χ3v) is 4.99. The van der Waals surface area contributed by atoms with Gasteiger partial charge in [0.2, 0.25) is 5.91 Å². The highest BCUT2D eigenvalue weighted by Gasteiger charge is 2.31. The predicted molar refractivity (Wildman–Crippen MR) is 87.4 cm³/mol. The van der Waals surface area contributed by atoms with Gasteiger partial charge in [-0.15, -0.1) is 17.9 Å². The van der Waals surface area contributed by atoms with Gasteiger partial charge in [0.05, 0.1) is 21.1 Å². The van der Waals surface area contributed by atoms with Gasteiger partial charge >= 0.3 is 0 Å². The molecule has 1 heterocycles. The lowest BCUT2D eigenvalue weighted by Crippen LogP contribution is -2.35. The van der Waals surface area contributed by atoms with Gasteiger partial charge in [0.25, 0.3) is 0 Å². The standard InChI is InChI=1S/C17H18N2OS/c1-2-11-18-16(20)12-7-3-4-8-13(12)17-19-14-9-5-6-10-15(14)21-17/h2-6,9-10,12-13H,1,7-8,11H2,(H,18,20). The Balaban J connectivity index is 1.88. The third kappa shape index (κ3) is 2.90. The molecule has 0 saturated heterocycles. The van der Waals surface area contributed by atoms with Crippen LogP contribution in [0.25, 0.3) is 10.2 Å². The first-order chi connectivity index (χ1) is 10.3. The Morgan fingerprint density at radius 2 is 2.19 bits per heavy atom. The minimum absolute atomic E-state index is 0.0319. The van der Waals surface area contributed by atoms with Gasteiger partial charge < -0.3 is 5.32 Å². The first-order valence-electron chi connectivity index (χ1n) is 7.18. The Hall–Kier alpha value is -1.94. The van der Waals surface area contributed by atoms with Crippen molar-refractivity contribution in [3.8, 4) is 0 Å². The number of benzene rings is 1. The van der Waals surface area contributed by atoms with E-state index in [0.29, 0.717) is 6.54 Å². The summed E-state index contributed by atoms with van der Waals surface area (Å²) in [6.07, 6.45) is 7.63. The molecule has 108 valence electrons. The van der Waals surface area contributed by atoms with E-state index in [-0.39, 0.29) is 17.7 Å². The van der Waals surface area contributed by atoms with Crippen LogP contribution in [0, 0.1) is 5.92 Å². The van der Waals surface area contributed by atoms with Crippen LogP contribution in [0.3, 0.4) is 0 Å². The molecule has 1 N–H and O–H groups in total. The molecule has 0 radical (unpaired) electrons. The highest BCUT2D eigenvalue weighted by Crippen LogP contribution is 2.38. The number of carbonyl (C=O) groups excluding carboxylic acids is 1. The molecule has 1 amide bonds. The summed E-state index contributed by atoms with van der Waals surface area (Å²) in [6, 6.07) is 8.14. The van der Waals surface area contributed by atoms with Crippen LogP contribution in [0.2, 0.25) is 0 Å². The third-order valence-electron chi connectivity index (χ3n) is 3.82. The Labute approximate surface area is 128 Å². The number of allylic oxidation sites excluding steroid dienone is 2. The summed E-state index contributed by atoms with van der Waals surface area (Å²) in [7, 11) is 0. The molecule has 1 aromatic carbocycles. The molecule has 2 atom stereocenters. The van der Waals surface area contributed by atoms with E-state index in [9.17, 15) is 4.79 Å². The quantitative estimate of drug-likeness (QED) is 0.875. The fourth-order valence-corrected chi connectivity index (χ4v) is 3.88. The number of aromatic nitrogens is 1. The molecule has 4 heteroatoms. The monoisotopic (exact) mass is 298 g/mol. The molecule has 0 bridgehead atoms. The number of nitrogens with one attached hydrogen (secondary N) is 1. The predicted octanol–water partition coefficient (Wildman–Crippen LogP) is 3.65. The van der Waals surface area contributed by atoms with Crippen LogP contribution in [-0.2, 0) is 4.79 Å². The van der Waals surface area contributed by atoms with E-state index in [4.69, 9.17) is 4.98 Å². The fraction of sp³-hybridized carbons (Fsp3) is 0.294. The number of carbonyl (C=O) groups is 1. The SMILES string of the molecule is C=CCNC(=O)C1CC=CCC1c1nc2ccccc2s1. The number of hydrogen-bond acceptors (Lipinski definition) is 3. The minimum Gasteiger partial charge on any atom is -0.352 e. The fourth-order valence-electron chi connectivity index (χ4n) is 2.73. The van der Waals surface area contributed by atoms with Crippen LogP contribution in [-0.4, -0.2) is 17.4 Å². The number of amides is 1. The summed E-state index contributed by atoms with van der Waals surface area (Å²) < 4.78 is 1.19. The molecule has 0 fully saturated rings. The van der Waals surface area contributed by atoms with Crippen LogP contribution in [0.5, 0.6) is 0 Å². The van der Waals surface area contributed by atoms with E-state index >= 15 is 0 Å². The summed E-state index contributed by atoms with van der Waals surface area (Å²) in [6.45, 7) is 4.16. The molecule has 0 saturated carbocycles. The van der Waals surface area contributed by atoms with Gasteiger partial charge in [-0.2, -0.15) is 0 Å². The normalized spacial score (nSPS) is 21.3. The van der Waals surface area contributed by atoms with E-state index in [0.717, 1.165) is 23.4 Å². The van der Waals surface area contributed by atoms with Gasteiger partial charge in [-0.05, 0) is 25.0 Å². The molecular formula is C17H18N2OS. The smallest absolute Gasteiger partial charge is 0.224 e. The van der Waals surface area contributed by atoms with Crippen molar-refractivity contribution in [2.45, 2.75) is 18.8 Å². The molecule has 21 heavy (non-hydrogen) atoms. The van der Waals surface area contributed by atoms with Crippen LogP contribution < -0.4 is 5.32 Å². The topological polar surface area (TPSA) is 42.0 Å². The van der Waals surface area contributed by atoms with Crippen molar-refractivity contribution in [3.05, 3.63) is 54.1 Å². The molecule has 3 nitrogen and oxygen atoms in total. The average Bonchev–Trinajstić information content (AvgIpc) is 2.96. The molecule has 3 rings (SSSR count). The summed E-state index contributed by atoms with van der Waals surface area (Å²) in [5.74, 6) is 0.247. The van der Waals surface area contributed by atoms with E-state index in [1.807, 2.05) is 18.2 Å². The van der Waals surface area contributed by atoms with E-state index in [2.05, 4.69) is 30.1 Å². The number of para-hydroxylation sites is 1. The van der Waals surface area contributed by atoms with Crippen molar-refractivity contribution in [1.82, 2.24) is 10.3 Å². The summed E-state index contributed by atoms with van der Waals surface area (Å²) in [4.78, 5) is 17.1. The number of hydrogen-bond donors (Lipinski definition) is 1. The van der Waals surface area contributed by atoms with Gasteiger partial charge in [-0.1, -0.05) is 30.4 Å². The summed E-state index contributed by atoms with van der Waals surface area (Å²) >= 11 is 1.70. The van der Waals surface area contributed by atoms with E-state index < -0.39 is 0 Å². The number of thiazole rings is 1. The maximum Gasteiger partial charge on any atom is 0.224 e. The average molecular weight is 298 g/mol. The van der Waals surface area contributed by atoms with Crippen molar-refractivity contribution < 1.29 is 4.79 Å². The number of nitrogens with zero attached hydrogens (tertiary/aromatic N) is 1.